The normalized spacial score (nSPS) is 13.4. The van der Waals surface area contributed by atoms with Gasteiger partial charge in [0.05, 0.1) is 0 Å². The maximum absolute atomic E-state index is 10.9. The van der Waals surface area contributed by atoms with Gasteiger partial charge >= 0.3 is 12.7 Å². The van der Waals surface area contributed by atoms with Crippen molar-refractivity contribution in [3.63, 3.8) is 0 Å². The van der Waals surface area contributed by atoms with Gasteiger partial charge in [-0.1, -0.05) is 0 Å². The lowest BCUT2D eigenvalue weighted by molar-refractivity contribution is -0.136. The average molecular weight is 242 g/mol. The van der Waals surface area contributed by atoms with Crippen molar-refractivity contribution in [3.05, 3.63) is 0 Å². The molecule has 0 aromatic carbocycles. The number of nitrogens with two attached hydrogens (primary N) is 2. The highest BCUT2D eigenvalue weighted by Crippen LogP contribution is 2.36. The van der Waals surface area contributed by atoms with Crippen LogP contribution in [0.15, 0.2) is 0 Å². The second kappa shape index (κ2) is 5.38. The Labute approximate surface area is 85.3 Å². The van der Waals surface area contributed by atoms with E-state index in [1.807, 2.05) is 0 Å². The van der Waals surface area contributed by atoms with Crippen molar-refractivity contribution >= 4 is 30.4 Å². The third-order valence-corrected chi connectivity index (χ3v) is 1.85. The molecule has 9 heteroatoms. The molecule has 0 bridgehead atoms. The zero-order valence-electron chi connectivity index (χ0n) is 7.12. The molecule has 0 spiro atoms. The molecule has 0 radical (unpaired) electrons. The van der Waals surface area contributed by atoms with E-state index in [2.05, 4.69) is 16.3 Å². The smallest absolute Gasteiger partial charge is 0.377 e. The Bertz CT molecular complexity index is 277. The van der Waals surface area contributed by atoms with Crippen LogP contribution in [-0.2, 0) is 25.9 Å². The predicted molar refractivity (Wildman–Crippen MR) is 51.2 cm³/mol. The van der Waals surface area contributed by atoms with Crippen LogP contribution in [0.25, 0.3) is 0 Å². The average Bonchev–Trinajstić information content (AvgIpc) is 1.96. The second-order valence-corrected chi connectivity index (χ2v) is 5.10. The minimum Gasteiger partial charge on any atom is -0.390 e. The van der Waals surface area contributed by atoms with Crippen LogP contribution in [0, 0.1) is 0 Å². The van der Waals surface area contributed by atoms with Gasteiger partial charge in [-0.3, -0.25) is 9.59 Å². The van der Waals surface area contributed by atoms with Crippen molar-refractivity contribution in [2.24, 2.45) is 11.5 Å². The molecule has 0 aliphatic rings. The first kappa shape index (κ1) is 13.5. The highest BCUT2D eigenvalue weighted by atomic mass is 32.5. The molecule has 0 saturated carbocycles. The van der Waals surface area contributed by atoms with Gasteiger partial charge in [0.1, 0.15) is 6.04 Å². The minimum absolute atomic E-state index is 0.0243. The lowest BCUT2D eigenvalue weighted by Gasteiger charge is -2.12. The minimum atomic E-state index is -4.04. The molecule has 1 atom stereocenters. The van der Waals surface area contributed by atoms with Crippen LogP contribution >= 0.6 is 6.72 Å². The number of amides is 1. The van der Waals surface area contributed by atoms with Gasteiger partial charge < -0.3 is 25.8 Å². The molecule has 0 saturated heterocycles. The van der Waals surface area contributed by atoms with Gasteiger partial charge in [0.2, 0.25) is 5.91 Å². The van der Waals surface area contributed by atoms with E-state index in [0.717, 1.165) is 0 Å². The summed E-state index contributed by atoms with van der Waals surface area (Å²) in [6.07, 6.45) is -0.112. The van der Waals surface area contributed by atoms with Crippen molar-refractivity contribution < 1.29 is 23.9 Å². The summed E-state index contributed by atoms with van der Waals surface area (Å²) in [4.78, 5) is 38.4. The summed E-state index contributed by atoms with van der Waals surface area (Å²) in [7, 11) is 0. The zero-order valence-corrected chi connectivity index (χ0v) is 8.83. The lowest BCUT2D eigenvalue weighted by Crippen LogP contribution is -2.32. The van der Waals surface area contributed by atoms with E-state index in [-0.39, 0.29) is 12.8 Å². The first-order valence-corrected chi connectivity index (χ1v) is 6.18. The van der Waals surface area contributed by atoms with Crippen LogP contribution in [-0.4, -0.2) is 27.7 Å². The summed E-state index contributed by atoms with van der Waals surface area (Å²) >= 11 is 4.05. The van der Waals surface area contributed by atoms with Crippen LogP contribution < -0.4 is 11.5 Å². The van der Waals surface area contributed by atoms with Gasteiger partial charge in [0.25, 0.3) is 0 Å². The van der Waals surface area contributed by atoms with E-state index in [1.165, 1.54) is 0 Å². The van der Waals surface area contributed by atoms with Crippen LogP contribution in [0.1, 0.15) is 12.8 Å². The molecule has 0 unspecified atom stereocenters. The highest BCUT2D eigenvalue weighted by Gasteiger charge is 2.21. The summed E-state index contributed by atoms with van der Waals surface area (Å²) in [5.41, 5.74) is 10.0. The fourth-order valence-corrected chi connectivity index (χ4v) is 1.19. The number of primary amides is 1. The van der Waals surface area contributed by atoms with E-state index in [0.29, 0.717) is 0 Å². The molecule has 0 aromatic heterocycles. The van der Waals surface area contributed by atoms with Crippen molar-refractivity contribution in [1.29, 1.82) is 0 Å². The Balaban J connectivity index is 4.01. The van der Waals surface area contributed by atoms with Gasteiger partial charge in [-0.25, -0.2) is 0 Å². The third-order valence-electron chi connectivity index (χ3n) is 1.21. The lowest BCUT2D eigenvalue weighted by atomic mass is 10.2. The fourth-order valence-electron chi connectivity index (χ4n) is 0.601. The fraction of sp³-hybridized carbons (Fsp3) is 0.600. The van der Waals surface area contributed by atoms with E-state index in [1.54, 1.807) is 0 Å². The van der Waals surface area contributed by atoms with E-state index < -0.39 is 24.6 Å². The third kappa shape index (κ3) is 6.93. The molecule has 0 aliphatic carbocycles. The number of carbonyl (C=O) groups is 2. The second-order valence-electron chi connectivity index (χ2n) is 2.51. The van der Waals surface area contributed by atoms with Crippen molar-refractivity contribution in [1.82, 2.24) is 0 Å². The topological polar surface area (TPSA) is 136 Å². The molecule has 6 N–H and O–H groups in total. The largest absolute Gasteiger partial charge is 0.390 e. The van der Waals surface area contributed by atoms with Crippen LogP contribution in [0.2, 0.25) is 0 Å². The summed E-state index contributed by atoms with van der Waals surface area (Å²) in [5.74, 6) is -1.67. The first-order valence-electron chi connectivity index (χ1n) is 3.55. The Morgan fingerprint density at radius 1 is 1.50 bits per heavy atom. The van der Waals surface area contributed by atoms with Gasteiger partial charge in [-0.15, -0.1) is 0 Å². The van der Waals surface area contributed by atoms with Crippen molar-refractivity contribution in [2.75, 3.05) is 0 Å². The summed E-state index contributed by atoms with van der Waals surface area (Å²) < 4.78 is 4.05. The molecule has 1 amide bonds. The molecule has 0 aliphatic heterocycles. The Kier molecular flexibility index (Phi) is 5.17. The zero-order chi connectivity index (χ0) is 11.4. The highest BCUT2D eigenvalue weighted by molar-refractivity contribution is 8.06. The molecule has 0 rings (SSSR count). The molecule has 0 heterocycles. The number of hydrogen-bond donors (Lipinski definition) is 4. The molecule has 0 fully saturated rings. The van der Waals surface area contributed by atoms with E-state index in [9.17, 15) is 9.59 Å². The molecular weight excluding hydrogens is 231 g/mol. The SMILES string of the molecule is NC(=O)CC[C@H](N)C(=O)OP(O)(O)=S. The van der Waals surface area contributed by atoms with E-state index >= 15 is 0 Å². The predicted octanol–water partition coefficient (Wildman–Crippen LogP) is -1.67. The number of carbonyl (C=O) groups excluding carboxylic acids is 2. The summed E-state index contributed by atoms with van der Waals surface area (Å²) in [6, 6.07) is -1.14. The maximum atomic E-state index is 10.9. The molecule has 82 valence electrons. The van der Waals surface area contributed by atoms with Gasteiger partial charge in [0.15, 0.2) is 0 Å². The first-order chi connectivity index (χ1) is 6.22. The van der Waals surface area contributed by atoms with Crippen LogP contribution in [0.4, 0.5) is 0 Å². The van der Waals surface area contributed by atoms with Gasteiger partial charge in [-0.05, 0) is 6.42 Å². The molecular formula is C5H11N2O5PS. The Hall–Kier alpha value is -0.530. The summed E-state index contributed by atoms with van der Waals surface area (Å²) in [6.45, 7) is -4.04. The quantitative estimate of drug-likeness (QED) is 0.423. The van der Waals surface area contributed by atoms with Gasteiger partial charge in [-0.2, -0.15) is 0 Å². The van der Waals surface area contributed by atoms with Crippen LogP contribution in [0.3, 0.4) is 0 Å². The van der Waals surface area contributed by atoms with Gasteiger partial charge in [0, 0.05) is 18.2 Å². The molecule has 14 heavy (non-hydrogen) atoms. The number of rotatable bonds is 5. The monoisotopic (exact) mass is 242 g/mol. The van der Waals surface area contributed by atoms with Crippen molar-refractivity contribution in [2.45, 2.75) is 18.9 Å². The molecule has 7 nitrogen and oxygen atoms in total. The Morgan fingerprint density at radius 3 is 2.36 bits per heavy atom. The van der Waals surface area contributed by atoms with Crippen molar-refractivity contribution in [3.8, 4) is 0 Å². The van der Waals surface area contributed by atoms with Crippen LogP contribution in [0.5, 0.6) is 0 Å². The standard InChI is InChI=1S/C5H11N2O5PS/c6-3(1-2-4(7)8)5(9)12-13(10,11)14/h3H,1-2,6H2,(H2,7,8)(H2,10,11,14)/t3-/m0/s1. The maximum Gasteiger partial charge on any atom is 0.377 e. The Morgan fingerprint density at radius 2 is 2.00 bits per heavy atom. The molecule has 0 aromatic rings. The van der Waals surface area contributed by atoms with E-state index in [4.69, 9.17) is 21.3 Å². The number of hydrogen-bond acceptors (Lipinski definition) is 5. The summed E-state index contributed by atoms with van der Waals surface area (Å²) in [5, 5.41) is 0.